The smallest absolute Gasteiger partial charge is 0.272 e. The van der Waals surface area contributed by atoms with Crippen LogP contribution in [0, 0.1) is 0 Å². The van der Waals surface area contributed by atoms with Gasteiger partial charge in [0.05, 0.1) is 5.33 Å². The number of rotatable bonds is 5. The molecular weight excluding hydrogens is 270 g/mol. The van der Waals surface area contributed by atoms with Gasteiger partial charge in [-0.1, -0.05) is 15.9 Å². The molecule has 82 valence electrons. The van der Waals surface area contributed by atoms with E-state index in [1.54, 1.807) is 12.1 Å². The second kappa shape index (κ2) is 5.80. The molecule has 2 nitrogen and oxygen atoms in total. The summed E-state index contributed by atoms with van der Waals surface area (Å²) >= 11 is 3.04. The van der Waals surface area contributed by atoms with Crippen LogP contribution in [0.25, 0.3) is 0 Å². The molecule has 0 unspecified atom stereocenters. The van der Waals surface area contributed by atoms with Crippen LogP contribution in [-0.4, -0.2) is 24.1 Å². The van der Waals surface area contributed by atoms with Crippen LogP contribution in [0.3, 0.4) is 0 Å². The highest BCUT2D eigenvalue weighted by Crippen LogP contribution is 2.13. The molecule has 0 N–H and O–H groups in total. The monoisotopic (exact) mass is 278 g/mol. The third-order valence-electron chi connectivity index (χ3n) is 1.67. The van der Waals surface area contributed by atoms with E-state index < -0.39 is 13.0 Å². The van der Waals surface area contributed by atoms with Crippen LogP contribution in [0.2, 0.25) is 0 Å². The molecule has 0 spiro atoms. The summed E-state index contributed by atoms with van der Waals surface area (Å²) in [6, 6.07) is 6.09. The first kappa shape index (κ1) is 12.1. The van der Waals surface area contributed by atoms with Crippen molar-refractivity contribution in [3.05, 3.63) is 29.8 Å². The van der Waals surface area contributed by atoms with E-state index >= 15 is 0 Å². The second-order valence-corrected chi connectivity index (χ2v) is 3.34. The maximum absolute atomic E-state index is 11.8. The third-order valence-corrected chi connectivity index (χ3v) is 2.18. The Hall–Kier alpha value is -0.970. The van der Waals surface area contributed by atoms with Crippen LogP contribution in [0.4, 0.5) is 8.78 Å². The lowest BCUT2D eigenvalue weighted by atomic mass is 10.1. The molecule has 0 fully saturated rings. The van der Waals surface area contributed by atoms with Crippen LogP contribution in [-0.2, 0) is 0 Å². The Balaban J connectivity index is 2.60. The SMILES string of the molecule is O=C(CBr)c1ccc(OCC(F)F)cc1. The number of carbonyl (C=O) groups is 1. The Labute approximate surface area is 94.4 Å². The number of ether oxygens (including phenoxy) is 1. The van der Waals surface area contributed by atoms with Gasteiger partial charge in [-0.25, -0.2) is 8.78 Å². The molecule has 0 amide bonds. The summed E-state index contributed by atoms with van der Waals surface area (Å²) in [5, 5.41) is 0.240. The molecular formula is C10H9BrF2O2. The maximum atomic E-state index is 11.8. The van der Waals surface area contributed by atoms with E-state index in [1.807, 2.05) is 0 Å². The lowest BCUT2D eigenvalue weighted by Gasteiger charge is -2.05. The highest BCUT2D eigenvalue weighted by atomic mass is 79.9. The highest BCUT2D eigenvalue weighted by molar-refractivity contribution is 9.09. The number of carbonyl (C=O) groups excluding carboxylic acids is 1. The van der Waals surface area contributed by atoms with E-state index in [2.05, 4.69) is 15.9 Å². The largest absolute Gasteiger partial charge is 0.488 e. The normalized spacial score (nSPS) is 10.4. The van der Waals surface area contributed by atoms with Gasteiger partial charge in [0.25, 0.3) is 6.43 Å². The van der Waals surface area contributed by atoms with Crippen molar-refractivity contribution in [2.24, 2.45) is 0 Å². The zero-order valence-electron chi connectivity index (χ0n) is 7.75. The number of hydrogen-bond donors (Lipinski definition) is 0. The number of alkyl halides is 3. The molecule has 1 aromatic rings. The second-order valence-electron chi connectivity index (χ2n) is 2.78. The van der Waals surface area contributed by atoms with E-state index in [-0.39, 0.29) is 11.1 Å². The molecule has 0 aliphatic rings. The molecule has 0 saturated heterocycles. The lowest BCUT2D eigenvalue weighted by molar-refractivity contribution is 0.0818. The van der Waals surface area contributed by atoms with E-state index in [4.69, 9.17) is 4.74 Å². The minimum absolute atomic E-state index is 0.0598. The fourth-order valence-electron chi connectivity index (χ4n) is 0.973. The summed E-state index contributed by atoms with van der Waals surface area (Å²) in [4.78, 5) is 11.2. The van der Waals surface area contributed by atoms with Gasteiger partial charge < -0.3 is 4.74 Å². The molecule has 0 radical (unpaired) electrons. The first-order valence-electron chi connectivity index (χ1n) is 4.23. The van der Waals surface area contributed by atoms with Crippen molar-refractivity contribution in [2.75, 3.05) is 11.9 Å². The number of halogens is 3. The standard InChI is InChI=1S/C10H9BrF2O2/c11-5-9(14)7-1-3-8(4-2-7)15-6-10(12)13/h1-4,10H,5-6H2. The molecule has 0 bridgehead atoms. The molecule has 0 aliphatic carbocycles. The van der Waals surface area contributed by atoms with E-state index in [9.17, 15) is 13.6 Å². The predicted octanol–water partition coefficient (Wildman–Crippen LogP) is 2.91. The molecule has 5 heteroatoms. The molecule has 0 saturated carbocycles. The van der Waals surface area contributed by atoms with Gasteiger partial charge in [-0.05, 0) is 24.3 Å². The van der Waals surface area contributed by atoms with Crippen molar-refractivity contribution in [3.63, 3.8) is 0 Å². The van der Waals surface area contributed by atoms with Crippen LogP contribution < -0.4 is 4.74 Å². The van der Waals surface area contributed by atoms with Gasteiger partial charge in [-0.15, -0.1) is 0 Å². The molecule has 0 heterocycles. The summed E-state index contributed by atoms with van der Waals surface area (Å²) in [5.41, 5.74) is 0.524. The van der Waals surface area contributed by atoms with E-state index in [0.717, 1.165) is 0 Å². The molecule has 0 aromatic heterocycles. The average molecular weight is 279 g/mol. The lowest BCUT2D eigenvalue weighted by Crippen LogP contribution is -2.07. The summed E-state index contributed by atoms with van der Waals surface area (Å²) < 4.78 is 28.4. The van der Waals surface area contributed by atoms with Crippen LogP contribution in [0.5, 0.6) is 5.75 Å². The number of hydrogen-bond acceptors (Lipinski definition) is 2. The van der Waals surface area contributed by atoms with Crippen molar-refractivity contribution >= 4 is 21.7 Å². The number of ketones is 1. The van der Waals surface area contributed by atoms with Crippen LogP contribution in [0.15, 0.2) is 24.3 Å². The Morgan fingerprint density at radius 3 is 2.40 bits per heavy atom. The Morgan fingerprint density at radius 2 is 1.93 bits per heavy atom. The summed E-state index contributed by atoms with van der Waals surface area (Å²) in [6.45, 7) is -0.633. The van der Waals surface area contributed by atoms with Crippen LogP contribution in [0.1, 0.15) is 10.4 Å². The van der Waals surface area contributed by atoms with E-state index in [1.165, 1.54) is 12.1 Å². The summed E-state index contributed by atoms with van der Waals surface area (Å²) in [7, 11) is 0. The Bertz CT molecular complexity index is 325. The van der Waals surface area contributed by atoms with Gasteiger partial charge in [0.15, 0.2) is 5.78 Å². The van der Waals surface area contributed by atoms with E-state index in [0.29, 0.717) is 11.3 Å². The number of benzene rings is 1. The van der Waals surface area contributed by atoms with Crippen molar-refractivity contribution in [2.45, 2.75) is 6.43 Å². The Kier molecular flexibility index (Phi) is 4.68. The third kappa shape index (κ3) is 3.95. The maximum Gasteiger partial charge on any atom is 0.272 e. The van der Waals surface area contributed by atoms with Gasteiger partial charge in [0.2, 0.25) is 0 Å². The average Bonchev–Trinajstić information content (AvgIpc) is 2.26. The minimum Gasteiger partial charge on any atom is -0.488 e. The van der Waals surface area contributed by atoms with Crippen molar-refractivity contribution in [1.29, 1.82) is 0 Å². The van der Waals surface area contributed by atoms with Crippen molar-refractivity contribution in [1.82, 2.24) is 0 Å². The first-order chi connectivity index (χ1) is 7.13. The highest BCUT2D eigenvalue weighted by Gasteiger charge is 2.05. The minimum atomic E-state index is -2.49. The number of Topliss-reactive ketones (excluding diaryl/α,β-unsaturated/α-hetero) is 1. The molecule has 1 aromatic carbocycles. The molecule has 1 rings (SSSR count). The van der Waals surface area contributed by atoms with Crippen molar-refractivity contribution in [3.8, 4) is 5.75 Å². The summed E-state index contributed by atoms with van der Waals surface area (Å²) in [6.07, 6.45) is -2.49. The fourth-order valence-corrected chi connectivity index (χ4v) is 1.30. The quantitative estimate of drug-likeness (QED) is 0.612. The fraction of sp³-hybridized carbons (Fsp3) is 0.300. The topological polar surface area (TPSA) is 26.3 Å². The zero-order valence-corrected chi connectivity index (χ0v) is 9.34. The summed E-state index contributed by atoms with van der Waals surface area (Å²) in [5.74, 6) is 0.275. The Morgan fingerprint density at radius 1 is 1.33 bits per heavy atom. The van der Waals surface area contributed by atoms with Crippen LogP contribution >= 0.6 is 15.9 Å². The van der Waals surface area contributed by atoms with Gasteiger partial charge in [-0.3, -0.25) is 4.79 Å². The molecule has 0 atom stereocenters. The molecule has 0 aliphatic heterocycles. The molecule has 15 heavy (non-hydrogen) atoms. The van der Waals surface area contributed by atoms with Gasteiger partial charge >= 0.3 is 0 Å². The predicted molar refractivity (Wildman–Crippen MR) is 56.1 cm³/mol. The van der Waals surface area contributed by atoms with Gasteiger partial charge in [0.1, 0.15) is 12.4 Å². The first-order valence-corrected chi connectivity index (χ1v) is 5.36. The zero-order chi connectivity index (χ0) is 11.3. The van der Waals surface area contributed by atoms with Crippen molar-refractivity contribution < 1.29 is 18.3 Å². The van der Waals surface area contributed by atoms with Gasteiger partial charge in [-0.2, -0.15) is 0 Å². The van der Waals surface area contributed by atoms with Gasteiger partial charge in [0, 0.05) is 5.56 Å².